The summed E-state index contributed by atoms with van der Waals surface area (Å²) < 4.78 is 5.77. The van der Waals surface area contributed by atoms with E-state index in [0.29, 0.717) is 18.1 Å². The Morgan fingerprint density at radius 1 is 1.35 bits per heavy atom. The molecule has 1 aliphatic heterocycles. The summed E-state index contributed by atoms with van der Waals surface area (Å²) in [5, 5.41) is 0. The molecular formula is C16H16N2O2. The van der Waals surface area contributed by atoms with E-state index in [1.54, 1.807) is 18.3 Å². The molecular weight excluding hydrogens is 252 g/mol. The topological polar surface area (TPSA) is 65.2 Å². The maximum Gasteiger partial charge on any atom is 0.248 e. The molecule has 1 aromatic heterocycles. The zero-order valence-corrected chi connectivity index (χ0v) is 11.1. The predicted molar refractivity (Wildman–Crippen MR) is 75.6 cm³/mol. The number of primary amides is 1. The minimum atomic E-state index is -0.418. The molecule has 3 rings (SSSR count). The molecule has 0 bridgehead atoms. The number of amides is 1. The van der Waals surface area contributed by atoms with Gasteiger partial charge < -0.3 is 10.5 Å². The molecule has 0 aliphatic carbocycles. The highest BCUT2D eigenvalue weighted by Gasteiger charge is 2.20. The van der Waals surface area contributed by atoms with E-state index in [-0.39, 0.29) is 0 Å². The van der Waals surface area contributed by atoms with Crippen LogP contribution in [0.2, 0.25) is 0 Å². The smallest absolute Gasteiger partial charge is 0.248 e. The number of rotatable bonds is 3. The monoisotopic (exact) mass is 268 g/mol. The summed E-state index contributed by atoms with van der Waals surface area (Å²) in [6, 6.07) is 11.5. The summed E-state index contributed by atoms with van der Waals surface area (Å²) in [6.45, 7) is 0.680. The molecule has 0 saturated carbocycles. The van der Waals surface area contributed by atoms with Crippen molar-refractivity contribution < 1.29 is 9.53 Å². The fourth-order valence-corrected chi connectivity index (χ4v) is 2.56. The second-order valence-corrected chi connectivity index (χ2v) is 5.09. The van der Waals surface area contributed by atoms with Gasteiger partial charge in [-0.2, -0.15) is 0 Å². The van der Waals surface area contributed by atoms with Crippen LogP contribution in [0.4, 0.5) is 0 Å². The SMILES string of the molecule is NC(=O)c1ccnc(C[C@@H]2COc3ccccc3C2)c1. The molecule has 1 amide bonds. The molecule has 2 heterocycles. The van der Waals surface area contributed by atoms with Crippen LogP contribution in [0, 0.1) is 5.92 Å². The van der Waals surface area contributed by atoms with Gasteiger partial charge in [-0.1, -0.05) is 18.2 Å². The van der Waals surface area contributed by atoms with E-state index in [0.717, 1.165) is 24.3 Å². The molecule has 0 fully saturated rings. The first kappa shape index (κ1) is 12.7. The minimum absolute atomic E-state index is 0.375. The average Bonchev–Trinajstić information content (AvgIpc) is 2.47. The quantitative estimate of drug-likeness (QED) is 0.925. The van der Waals surface area contributed by atoms with Crippen LogP contribution in [0.1, 0.15) is 21.6 Å². The summed E-state index contributed by atoms with van der Waals surface area (Å²) in [5.74, 6) is 0.932. The Hall–Kier alpha value is -2.36. The lowest BCUT2D eigenvalue weighted by Gasteiger charge is -2.25. The summed E-state index contributed by atoms with van der Waals surface area (Å²) in [5.41, 5.74) is 7.91. The van der Waals surface area contributed by atoms with Crippen molar-refractivity contribution in [2.24, 2.45) is 11.7 Å². The van der Waals surface area contributed by atoms with Crippen molar-refractivity contribution in [3.05, 3.63) is 59.4 Å². The third-order valence-corrected chi connectivity index (χ3v) is 3.55. The van der Waals surface area contributed by atoms with E-state index in [4.69, 9.17) is 10.5 Å². The Bertz CT molecular complexity index is 640. The van der Waals surface area contributed by atoms with E-state index in [1.807, 2.05) is 18.2 Å². The Labute approximate surface area is 117 Å². The Kier molecular flexibility index (Phi) is 3.37. The number of carbonyl (C=O) groups excluding carboxylic acids is 1. The van der Waals surface area contributed by atoms with Crippen molar-refractivity contribution in [2.45, 2.75) is 12.8 Å². The normalized spacial score (nSPS) is 17.1. The molecule has 20 heavy (non-hydrogen) atoms. The third kappa shape index (κ3) is 2.64. The summed E-state index contributed by atoms with van der Waals surface area (Å²) in [6.07, 6.45) is 3.39. The molecule has 2 aromatic rings. The van der Waals surface area contributed by atoms with Crippen molar-refractivity contribution in [1.82, 2.24) is 4.98 Å². The standard InChI is InChI=1S/C16H16N2O2/c17-16(19)13-5-6-18-14(9-13)8-11-7-12-3-1-2-4-15(12)20-10-11/h1-6,9,11H,7-8,10H2,(H2,17,19)/t11-/m1/s1. The van der Waals surface area contributed by atoms with Crippen molar-refractivity contribution in [3.8, 4) is 5.75 Å². The summed E-state index contributed by atoms with van der Waals surface area (Å²) in [7, 11) is 0. The number of carbonyl (C=O) groups is 1. The van der Waals surface area contributed by atoms with Crippen LogP contribution in [0.25, 0.3) is 0 Å². The second kappa shape index (κ2) is 5.33. The zero-order chi connectivity index (χ0) is 13.9. The van der Waals surface area contributed by atoms with Gasteiger partial charge in [-0.05, 0) is 36.6 Å². The van der Waals surface area contributed by atoms with Gasteiger partial charge in [0.2, 0.25) is 5.91 Å². The van der Waals surface area contributed by atoms with Gasteiger partial charge in [-0.3, -0.25) is 9.78 Å². The van der Waals surface area contributed by atoms with Crippen molar-refractivity contribution in [1.29, 1.82) is 0 Å². The number of nitrogens with zero attached hydrogens (tertiary/aromatic N) is 1. The molecule has 2 N–H and O–H groups in total. The number of nitrogens with two attached hydrogens (primary N) is 1. The molecule has 1 atom stereocenters. The molecule has 0 saturated heterocycles. The average molecular weight is 268 g/mol. The van der Waals surface area contributed by atoms with Gasteiger partial charge >= 0.3 is 0 Å². The van der Waals surface area contributed by atoms with Crippen molar-refractivity contribution in [2.75, 3.05) is 6.61 Å². The Morgan fingerprint density at radius 3 is 3.05 bits per heavy atom. The van der Waals surface area contributed by atoms with Crippen LogP contribution in [0.15, 0.2) is 42.6 Å². The number of ether oxygens (including phenoxy) is 1. The second-order valence-electron chi connectivity index (χ2n) is 5.09. The molecule has 4 heteroatoms. The van der Waals surface area contributed by atoms with Crippen LogP contribution in [0.3, 0.4) is 0 Å². The van der Waals surface area contributed by atoms with E-state index in [9.17, 15) is 4.79 Å². The highest BCUT2D eigenvalue weighted by molar-refractivity contribution is 5.92. The summed E-state index contributed by atoms with van der Waals surface area (Å²) in [4.78, 5) is 15.5. The molecule has 1 aliphatic rings. The number of benzene rings is 1. The predicted octanol–water partition coefficient (Wildman–Crippen LogP) is 1.97. The van der Waals surface area contributed by atoms with Crippen LogP contribution in [0.5, 0.6) is 5.75 Å². The van der Waals surface area contributed by atoms with Crippen LogP contribution >= 0.6 is 0 Å². The van der Waals surface area contributed by atoms with E-state index in [1.165, 1.54) is 5.56 Å². The zero-order valence-electron chi connectivity index (χ0n) is 11.1. The van der Waals surface area contributed by atoms with Gasteiger partial charge in [-0.25, -0.2) is 0 Å². The Morgan fingerprint density at radius 2 is 2.20 bits per heavy atom. The maximum atomic E-state index is 11.2. The molecule has 1 aromatic carbocycles. The van der Waals surface area contributed by atoms with Gasteiger partial charge in [0.05, 0.1) is 6.61 Å². The molecule has 102 valence electrons. The molecule has 4 nitrogen and oxygen atoms in total. The van der Waals surface area contributed by atoms with Gasteiger partial charge in [0, 0.05) is 23.4 Å². The number of hydrogen-bond acceptors (Lipinski definition) is 3. The van der Waals surface area contributed by atoms with Crippen LogP contribution in [-0.4, -0.2) is 17.5 Å². The largest absolute Gasteiger partial charge is 0.493 e. The van der Waals surface area contributed by atoms with E-state index < -0.39 is 5.91 Å². The number of fused-ring (bicyclic) bond motifs is 1. The first-order valence-electron chi connectivity index (χ1n) is 6.68. The van der Waals surface area contributed by atoms with Gasteiger partial charge in [-0.15, -0.1) is 0 Å². The van der Waals surface area contributed by atoms with Gasteiger partial charge in [0.25, 0.3) is 0 Å². The van der Waals surface area contributed by atoms with E-state index >= 15 is 0 Å². The van der Waals surface area contributed by atoms with Gasteiger partial charge in [0.1, 0.15) is 5.75 Å². The highest BCUT2D eigenvalue weighted by Crippen LogP contribution is 2.28. The first-order chi connectivity index (χ1) is 9.72. The maximum absolute atomic E-state index is 11.2. The Balaban J connectivity index is 1.73. The minimum Gasteiger partial charge on any atom is -0.493 e. The highest BCUT2D eigenvalue weighted by atomic mass is 16.5. The van der Waals surface area contributed by atoms with Crippen LogP contribution in [-0.2, 0) is 12.8 Å². The lowest BCUT2D eigenvalue weighted by atomic mass is 9.92. The number of pyridine rings is 1. The number of aromatic nitrogens is 1. The van der Waals surface area contributed by atoms with E-state index in [2.05, 4.69) is 11.1 Å². The van der Waals surface area contributed by atoms with Gasteiger partial charge in [0.15, 0.2) is 0 Å². The fraction of sp³-hybridized carbons (Fsp3) is 0.250. The molecule has 0 spiro atoms. The first-order valence-corrected chi connectivity index (χ1v) is 6.68. The van der Waals surface area contributed by atoms with Crippen LogP contribution < -0.4 is 10.5 Å². The molecule has 0 radical (unpaired) electrons. The fourth-order valence-electron chi connectivity index (χ4n) is 2.56. The number of hydrogen-bond donors (Lipinski definition) is 1. The lowest BCUT2D eigenvalue weighted by molar-refractivity contribution is 0.1000. The lowest BCUT2D eigenvalue weighted by Crippen LogP contribution is -2.23. The van der Waals surface area contributed by atoms with Crippen molar-refractivity contribution in [3.63, 3.8) is 0 Å². The summed E-state index contributed by atoms with van der Waals surface area (Å²) >= 11 is 0. The third-order valence-electron chi connectivity index (χ3n) is 3.55. The molecule has 0 unspecified atom stereocenters. The van der Waals surface area contributed by atoms with Crippen molar-refractivity contribution >= 4 is 5.91 Å². The number of para-hydroxylation sites is 1.